The lowest BCUT2D eigenvalue weighted by Gasteiger charge is -2.23. The Morgan fingerprint density at radius 1 is 1.35 bits per heavy atom. The Morgan fingerprint density at radius 3 is 2.53 bits per heavy atom. The lowest BCUT2D eigenvalue weighted by atomic mass is 9.98. The van der Waals surface area contributed by atoms with Crippen LogP contribution < -0.4 is 10.6 Å². The molecule has 0 aromatic rings. The van der Waals surface area contributed by atoms with Crippen LogP contribution in [0.4, 0.5) is 0 Å². The van der Waals surface area contributed by atoms with Gasteiger partial charge in [-0.15, -0.1) is 0 Å². The summed E-state index contributed by atoms with van der Waals surface area (Å²) in [7, 11) is 0. The van der Waals surface area contributed by atoms with Crippen molar-refractivity contribution in [3.63, 3.8) is 0 Å². The number of carboxylic acids is 2. The maximum absolute atomic E-state index is 11.7. The summed E-state index contributed by atoms with van der Waals surface area (Å²) in [6.07, 6.45) is 0.939. The highest BCUT2D eigenvalue weighted by molar-refractivity contribution is 5.87. The quantitative estimate of drug-likeness (QED) is 0.494. The van der Waals surface area contributed by atoms with E-state index < -0.39 is 30.3 Å². The molecule has 0 saturated carbocycles. The Hall–Kier alpha value is -1.63. The van der Waals surface area contributed by atoms with Gasteiger partial charge in [0.2, 0.25) is 5.91 Å². The molecule has 1 saturated heterocycles. The summed E-state index contributed by atoms with van der Waals surface area (Å²) < 4.78 is 0. The number of aliphatic carboxylic acids is 2. The van der Waals surface area contributed by atoms with Crippen LogP contribution in [-0.4, -0.2) is 47.2 Å². The van der Waals surface area contributed by atoms with E-state index in [-0.39, 0.29) is 5.92 Å². The van der Waals surface area contributed by atoms with Crippen molar-refractivity contribution in [1.82, 2.24) is 10.6 Å². The molecule has 0 radical (unpaired) electrons. The van der Waals surface area contributed by atoms with E-state index in [2.05, 4.69) is 10.6 Å². The van der Waals surface area contributed by atoms with Crippen LogP contribution in [-0.2, 0) is 14.4 Å². The molecule has 0 bridgehead atoms. The van der Waals surface area contributed by atoms with Crippen molar-refractivity contribution < 1.29 is 24.6 Å². The topological polar surface area (TPSA) is 116 Å². The monoisotopic (exact) mass is 244 g/mol. The number of amides is 1. The zero-order chi connectivity index (χ0) is 12.8. The molecule has 1 aliphatic rings. The summed E-state index contributed by atoms with van der Waals surface area (Å²) in [6, 6.07) is -1.36. The van der Waals surface area contributed by atoms with Gasteiger partial charge in [0.1, 0.15) is 6.04 Å². The fourth-order valence-electron chi connectivity index (χ4n) is 1.74. The summed E-state index contributed by atoms with van der Waals surface area (Å²) in [6.45, 7) is 1.35. The van der Waals surface area contributed by atoms with E-state index in [0.29, 0.717) is 13.0 Å². The molecule has 1 amide bonds. The summed E-state index contributed by atoms with van der Waals surface area (Å²) in [5.74, 6) is -3.26. The number of carboxylic acid groups (broad SMARTS) is 2. The zero-order valence-electron chi connectivity index (χ0n) is 9.31. The summed E-state index contributed by atoms with van der Waals surface area (Å²) in [4.78, 5) is 32.9. The maximum atomic E-state index is 11.7. The molecule has 1 rings (SSSR count). The Labute approximate surface area is 98.2 Å². The predicted molar refractivity (Wildman–Crippen MR) is 57.4 cm³/mol. The van der Waals surface area contributed by atoms with Crippen LogP contribution in [0.15, 0.2) is 0 Å². The Balaban J connectivity index is 2.50. The van der Waals surface area contributed by atoms with Crippen LogP contribution in [0.2, 0.25) is 0 Å². The Kier molecular flexibility index (Phi) is 4.89. The number of carbonyl (C=O) groups excluding carboxylic acids is 1. The molecule has 0 aliphatic carbocycles. The highest BCUT2D eigenvalue weighted by atomic mass is 16.4. The van der Waals surface area contributed by atoms with Crippen molar-refractivity contribution >= 4 is 17.8 Å². The second kappa shape index (κ2) is 6.19. The molecule has 0 aromatic heterocycles. The molecule has 0 spiro atoms. The first-order valence-corrected chi connectivity index (χ1v) is 5.46. The molecule has 2 unspecified atom stereocenters. The molecule has 2 atom stereocenters. The van der Waals surface area contributed by atoms with E-state index >= 15 is 0 Å². The number of nitrogens with one attached hydrogen (secondary N) is 2. The number of piperidine rings is 1. The van der Waals surface area contributed by atoms with E-state index in [0.717, 1.165) is 13.0 Å². The highest BCUT2D eigenvalue weighted by Crippen LogP contribution is 2.10. The predicted octanol–water partition coefficient (Wildman–Crippen LogP) is -0.970. The van der Waals surface area contributed by atoms with Crippen LogP contribution in [0.5, 0.6) is 0 Å². The number of hydrogen-bond donors (Lipinski definition) is 4. The minimum absolute atomic E-state index is 0.278. The van der Waals surface area contributed by atoms with Gasteiger partial charge >= 0.3 is 11.9 Å². The number of hydrogen-bond acceptors (Lipinski definition) is 4. The molecular weight excluding hydrogens is 228 g/mol. The van der Waals surface area contributed by atoms with Crippen molar-refractivity contribution in [3.05, 3.63) is 0 Å². The first-order valence-electron chi connectivity index (χ1n) is 5.46. The summed E-state index contributed by atoms with van der Waals surface area (Å²) in [5.41, 5.74) is 0. The third-order valence-electron chi connectivity index (χ3n) is 2.66. The molecule has 1 heterocycles. The first kappa shape index (κ1) is 13.4. The van der Waals surface area contributed by atoms with Crippen molar-refractivity contribution in [2.24, 2.45) is 5.92 Å². The largest absolute Gasteiger partial charge is 0.481 e. The van der Waals surface area contributed by atoms with E-state index in [4.69, 9.17) is 10.2 Å². The van der Waals surface area contributed by atoms with E-state index in [9.17, 15) is 14.4 Å². The van der Waals surface area contributed by atoms with Gasteiger partial charge in [-0.25, -0.2) is 4.79 Å². The van der Waals surface area contributed by atoms with Crippen LogP contribution in [0, 0.1) is 5.92 Å². The van der Waals surface area contributed by atoms with Gasteiger partial charge in [-0.1, -0.05) is 0 Å². The van der Waals surface area contributed by atoms with Gasteiger partial charge in [0.15, 0.2) is 0 Å². The second-order valence-electron chi connectivity index (χ2n) is 4.04. The van der Waals surface area contributed by atoms with Crippen LogP contribution in [0.3, 0.4) is 0 Å². The van der Waals surface area contributed by atoms with Crippen molar-refractivity contribution in [2.45, 2.75) is 25.3 Å². The molecule has 1 fully saturated rings. The molecule has 1 aliphatic heterocycles. The number of rotatable bonds is 5. The molecular formula is C10H16N2O5. The third-order valence-corrected chi connectivity index (χ3v) is 2.66. The van der Waals surface area contributed by atoms with Gasteiger partial charge < -0.3 is 20.8 Å². The normalized spacial score (nSPS) is 21.5. The standard InChI is InChI=1S/C10H16N2O5/c13-8(14)4-7(10(16)17)12-9(15)6-2-1-3-11-5-6/h6-7,11H,1-5H2,(H,12,15)(H,13,14)(H,16,17). The third kappa shape index (κ3) is 4.39. The molecule has 17 heavy (non-hydrogen) atoms. The van der Waals surface area contributed by atoms with Crippen LogP contribution in [0.1, 0.15) is 19.3 Å². The SMILES string of the molecule is O=C(O)CC(NC(=O)C1CCCNC1)C(=O)O. The summed E-state index contributed by atoms with van der Waals surface area (Å²) in [5, 5.41) is 22.6. The Morgan fingerprint density at radius 2 is 2.06 bits per heavy atom. The molecule has 7 nitrogen and oxygen atoms in total. The smallest absolute Gasteiger partial charge is 0.326 e. The fourth-order valence-corrected chi connectivity index (χ4v) is 1.74. The summed E-state index contributed by atoms with van der Waals surface area (Å²) >= 11 is 0. The van der Waals surface area contributed by atoms with Gasteiger partial charge in [-0.05, 0) is 19.4 Å². The van der Waals surface area contributed by atoms with Crippen LogP contribution >= 0.6 is 0 Å². The second-order valence-corrected chi connectivity index (χ2v) is 4.04. The minimum Gasteiger partial charge on any atom is -0.481 e. The minimum atomic E-state index is -1.36. The van der Waals surface area contributed by atoms with Gasteiger partial charge in [0.05, 0.1) is 12.3 Å². The first-order chi connectivity index (χ1) is 8.00. The van der Waals surface area contributed by atoms with Crippen molar-refractivity contribution in [3.8, 4) is 0 Å². The average molecular weight is 244 g/mol. The highest BCUT2D eigenvalue weighted by Gasteiger charge is 2.27. The lowest BCUT2D eigenvalue weighted by molar-refractivity contribution is -0.147. The van der Waals surface area contributed by atoms with Gasteiger partial charge in [-0.3, -0.25) is 9.59 Å². The van der Waals surface area contributed by atoms with E-state index in [1.807, 2.05) is 0 Å². The fraction of sp³-hybridized carbons (Fsp3) is 0.700. The molecule has 4 N–H and O–H groups in total. The molecule has 96 valence electrons. The molecule has 7 heteroatoms. The Bertz CT molecular complexity index is 312. The maximum Gasteiger partial charge on any atom is 0.326 e. The lowest BCUT2D eigenvalue weighted by Crippen LogP contribution is -2.48. The number of carbonyl (C=O) groups is 3. The van der Waals surface area contributed by atoms with E-state index in [1.54, 1.807) is 0 Å². The van der Waals surface area contributed by atoms with Gasteiger partial charge in [-0.2, -0.15) is 0 Å². The van der Waals surface area contributed by atoms with Crippen molar-refractivity contribution in [2.75, 3.05) is 13.1 Å². The van der Waals surface area contributed by atoms with Gasteiger partial charge in [0.25, 0.3) is 0 Å². The van der Waals surface area contributed by atoms with Crippen LogP contribution in [0.25, 0.3) is 0 Å². The van der Waals surface area contributed by atoms with Gasteiger partial charge in [0, 0.05) is 6.54 Å². The van der Waals surface area contributed by atoms with Crippen molar-refractivity contribution in [1.29, 1.82) is 0 Å². The zero-order valence-corrected chi connectivity index (χ0v) is 9.31. The average Bonchev–Trinajstić information content (AvgIpc) is 2.28. The van der Waals surface area contributed by atoms with E-state index in [1.165, 1.54) is 0 Å². The molecule has 0 aromatic carbocycles.